The maximum atomic E-state index is 13.2. The predicted octanol–water partition coefficient (Wildman–Crippen LogP) is 5.36. The quantitative estimate of drug-likeness (QED) is 0.330. The van der Waals surface area contributed by atoms with Gasteiger partial charge in [-0.05, 0) is 60.2 Å². The topological polar surface area (TPSA) is 78.8 Å². The molecule has 34 heavy (non-hydrogen) atoms. The summed E-state index contributed by atoms with van der Waals surface area (Å²) in [5, 5.41) is 4.21. The first-order chi connectivity index (χ1) is 16.0. The SMILES string of the molecule is O=C(CN(c1cccc(Cl)c1)S(=O)(=O)c1ccc(Cl)cc1)N/N=C\c1cccc(C(F)(F)F)c1. The van der Waals surface area contributed by atoms with E-state index in [1.807, 2.05) is 0 Å². The standard InChI is InChI=1S/C22H16Cl2F3N3O3S/c23-17-7-9-20(10-8-17)34(32,33)30(19-6-2-5-18(24)12-19)14-21(31)29-28-13-15-3-1-4-16(11-15)22(25,26)27/h1-13H,14H2,(H,29,31)/b28-13-. The monoisotopic (exact) mass is 529 g/mol. The summed E-state index contributed by atoms with van der Waals surface area (Å²) in [6, 6.07) is 15.6. The zero-order valence-electron chi connectivity index (χ0n) is 17.1. The van der Waals surface area contributed by atoms with Crippen molar-refractivity contribution >= 4 is 51.0 Å². The average molecular weight is 530 g/mol. The van der Waals surface area contributed by atoms with E-state index in [0.29, 0.717) is 5.02 Å². The van der Waals surface area contributed by atoms with E-state index in [4.69, 9.17) is 23.2 Å². The Balaban J connectivity index is 1.82. The highest BCUT2D eigenvalue weighted by molar-refractivity contribution is 7.92. The molecule has 0 atom stereocenters. The molecule has 3 aromatic rings. The number of amides is 1. The second-order valence-electron chi connectivity index (χ2n) is 6.86. The van der Waals surface area contributed by atoms with Crippen LogP contribution in [0.3, 0.4) is 0 Å². The zero-order valence-corrected chi connectivity index (χ0v) is 19.5. The number of anilines is 1. The largest absolute Gasteiger partial charge is 0.416 e. The summed E-state index contributed by atoms with van der Waals surface area (Å²) >= 11 is 11.8. The fourth-order valence-electron chi connectivity index (χ4n) is 2.82. The molecule has 0 aliphatic rings. The molecule has 178 valence electrons. The molecule has 0 radical (unpaired) electrons. The summed E-state index contributed by atoms with van der Waals surface area (Å²) in [5.41, 5.74) is 1.47. The van der Waals surface area contributed by atoms with E-state index in [-0.39, 0.29) is 21.2 Å². The first-order valence-corrected chi connectivity index (χ1v) is 11.7. The highest BCUT2D eigenvalue weighted by Crippen LogP contribution is 2.29. The molecule has 3 rings (SSSR count). The van der Waals surface area contributed by atoms with Gasteiger partial charge < -0.3 is 0 Å². The summed E-state index contributed by atoms with van der Waals surface area (Å²) in [5.74, 6) is -0.833. The van der Waals surface area contributed by atoms with Crippen molar-refractivity contribution in [1.29, 1.82) is 0 Å². The van der Waals surface area contributed by atoms with Gasteiger partial charge in [-0.3, -0.25) is 9.10 Å². The summed E-state index contributed by atoms with van der Waals surface area (Å²) in [6.45, 7) is -0.675. The molecule has 0 spiro atoms. The minimum absolute atomic E-state index is 0.0932. The van der Waals surface area contributed by atoms with Gasteiger partial charge in [0.2, 0.25) is 0 Å². The molecule has 0 saturated heterocycles. The van der Waals surface area contributed by atoms with Crippen molar-refractivity contribution < 1.29 is 26.4 Å². The number of halogens is 5. The number of hydrogen-bond donors (Lipinski definition) is 1. The maximum Gasteiger partial charge on any atom is 0.416 e. The van der Waals surface area contributed by atoms with E-state index in [1.165, 1.54) is 60.7 Å². The van der Waals surface area contributed by atoms with E-state index >= 15 is 0 Å². The normalized spacial score (nSPS) is 12.0. The minimum Gasteiger partial charge on any atom is -0.271 e. The van der Waals surface area contributed by atoms with Crippen LogP contribution in [-0.2, 0) is 21.0 Å². The van der Waals surface area contributed by atoms with Gasteiger partial charge >= 0.3 is 6.18 Å². The smallest absolute Gasteiger partial charge is 0.271 e. The van der Waals surface area contributed by atoms with Crippen molar-refractivity contribution in [1.82, 2.24) is 5.43 Å². The summed E-state index contributed by atoms with van der Waals surface area (Å²) < 4.78 is 65.8. The number of alkyl halides is 3. The van der Waals surface area contributed by atoms with Crippen LogP contribution in [-0.4, -0.2) is 27.1 Å². The van der Waals surface area contributed by atoms with Crippen LogP contribution in [0.2, 0.25) is 10.0 Å². The molecule has 0 aromatic heterocycles. The maximum absolute atomic E-state index is 13.2. The number of carbonyl (C=O) groups is 1. The van der Waals surface area contributed by atoms with Crippen LogP contribution in [0.15, 0.2) is 82.8 Å². The number of nitrogens with zero attached hydrogens (tertiary/aromatic N) is 2. The van der Waals surface area contributed by atoms with Crippen LogP contribution in [0.4, 0.5) is 18.9 Å². The third-order valence-electron chi connectivity index (χ3n) is 4.40. The molecule has 3 aromatic carbocycles. The van der Waals surface area contributed by atoms with Crippen molar-refractivity contribution in [3.8, 4) is 0 Å². The summed E-state index contributed by atoms with van der Waals surface area (Å²) in [6.07, 6.45) is -3.51. The van der Waals surface area contributed by atoms with Gasteiger partial charge in [-0.25, -0.2) is 13.8 Å². The molecule has 0 heterocycles. The third kappa shape index (κ3) is 6.49. The molecular weight excluding hydrogens is 514 g/mol. The third-order valence-corrected chi connectivity index (χ3v) is 6.68. The number of rotatable bonds is 7. The molecule has 0 fully saturated rings. The van der Waals surface area contributed by atoms with Gasteiger partial charge in [-0.15, -0.1) is 0 Å². The van der Waals surface area contributed by atoms with E-state index in [1.54, 1.807) is 0 Å². The second-order valence-corrected chi connectivity index (χ2v) is 9.60. The summed E-state index contributed by atoms with van der Waals surface area (Å²) in [4.78, 5) is 12.4. The number of hydrogen-bond acceptors (Lipinski definition) is 4. The Kier molecular flexibility index (Phi) is 7.86. The van der Waals surface area contributed by atoms with Crippen molar-refractivity contribution in [3.05, 3.63) is 94.0 Å². The van der Waals surface area contributed by atoms with Crippen LogP contribution in [0.25, 0.3) is 0 Å². The van der Waals surface area contributed by atoms with Gasteiger partial charge in [0.05, 0.1) is 22.4 Å². The molecule has 6 nitrogen and oxygen atoms in total. The Morgan fingerprint density at radius 2 is 1.65 bits per heavy atom. The number of hydrazone groups is 1. The molecule has 0 saturated carbocycles. The highest BCUT2D eigenvalue weighted by Gasteiger charge is 2.30. The average Bonchev–Trinajstić information content (AvgIpc) is 2.77. The lowest BCUT2D eigenvalue weighted by Gasteiger charge is -2.23. The first-order valence-electron chi connectivity index (χ1n) is 9.50. The van der Waals surface area contributed by atoms with E-state index in [0.717, 1.165) is 22.7 Å². The van der Waals surface area contributed by atoms with Gasteiger partial charge in [-0.2, -0.15) is 18.3 Å². The Morgan fingerprint density at radius 3 is 2.29 bits per heavy atom. The van der Waals surface area contributed by atoms with Crippen molar-refractivity contribution in [3.63, 3.8) is 0 Å². The zero-order chi connectivity index (χ0) is 24.9. The summed E-state index contributed by atoms with van der Waals surface area (Å²) in [7, 11) is -4.20. The molecule has 0 aliphatic carbocycles. The van der Waals surface area contributed by atoms with E-state index in [2.05, 4.69) is 10.5 Å². The van der Waals surface area contributed by atoms with Crippen LogP contribution >= 0.6 is 23.2 Å². The Morgan fingerprint density at radius 1 is 0.971 bits per heavy atom. The van der Waals surface area contributed by atoms with E-state index < -0.39 is 34.2 Å². The first kappa shape index (κ1) is 25.5. The lowest BCUT2D eigenvalue weighted by atomic mass is 10.1. The lowest BCUT2D eigenvalue weighted by molar-refractivity contribution is -0.137. The van der Waals surface area contributed by atoms with Gasteiger partial charge in [0.25, 0.3) is 15.9 Å². The number of carbonyl (C=O) groups excluding carboxylic acids is 1. The molecule has 1 amide bonds. The van der Waals surface area contributed by atoms with Gasteiger partial charge in [0, 0.05) is 10.0 Å². The predicted molar refractivity (Wildman–Crippen MR) is 125 cm³/mol. The van der Waals surface area contributed by atoms with Crippen LogP contribution in [0, 0.1) is 0 Å². The number of nitrogens with one attached hydrogen (secondary N) is 1. The lowest BCUT2D eigenvalue weighted by Crippen LogP contribution is -2.39. The minimum atomic E-state index is -4.53. The van der Waals surface area contributed by atoms with Crippen LogP contribution < -0.4 is 9.73 Å². The van der Waals surface area contributed by atoms with Crippen molar-refractivity contribution in [2.45, 2.75) is 11.1 Å². The fraction of sp³-hybridized carbons (Fsp3) is 0.0909. The van der Waals surface area contributed by atoms with Gasteiger partial charge in [0.15, 0.2) is 0 Å². The molecule has 0 bridgehead atoms. The van der Waals surface area contributed by atoms with Crippen LogP contribution in [0.5, 0.6) is 0 Å². The van der Waals surface area contributed by atoms with Gasteiger partial charge in [0.1, 0.15) is 6.54 Å². The molecule has 1 N–H and O–H groups in total. The van der Waals surface area contributed by atoms with Crippen molar-refractivity contribution in [2.24, 2.45) is 5.10 Å². The highest BCUT2D eigenvalue weighted by atomic mass is 35.5. The molecular formula is C22H16Cl2F3N3O3S. The van der Waals surface area contributed by atoms with Gasteiger partial charge in [-0.1, -0.05) is 41.4 Å². The Hall–Kier alpha value is -3.08. The fourth-order valence-corrected chi connectivity index (χ4v) is 4.54. The Labute approximate surface area is 203 Å². The molecule has 12 heteroatoms. The molecule has 0 aliphatic heterocycles. The van der Waals surface area contributed by atoms with Crippen LogP contribution in [0.1, 0.15) is 11.1 Å². The number of benzene rings is 3. The second kappa shape index (κ2) is 10.5. The Bertz CT molecular complexity index is 1310. The van der Waals surface area contributed by atoms with E-state index in [9.17, 15) is 26.4 Å². The number of sulfonamides is 1. The van der Waals surface area contributed by atoms with Crippen molar-refractivity contribution in [2.75, 3.05) is 10.8 Å². The molecule has 0 unspecified atom stereocenters.